The molecule has 1 N–H and O–H groups in total. The van der Waals surface area contributed by atoms with Gasteiger partial charge in [0.05, 0.1) is 6.61 Å². The van der Waals surface area contributed by atoms with Crippen LogP contribution in [0.25, 0.3) is 6.08 Å². The predicted molar refractivity (Wildman–Crippen MR) is 85.5 cm³/mol. The number of rotatable bonds is 8. The molecule has 0 aliphatic carbocycles. The van der Waals surface area contributed by atoms with Crippen molar-refractivity contribution in [1.82, 2.24) is 5.32 Å². The van der Waals surface area contributed by atoms with Crippen molar-refractivity contribution < 1.29 is 19.1 Å². The Kier molecular flexibility index (Phi) is 7.75. The number of carbonyl (C=O) groups excluding carboxylic acids is 2. The molecule has 0 unspecified atom stereocenters. The minimum atomic E-state index is -0.564. The molecule has 1 amide bonds. The van der Waals surface area contributed by atoms with Crippen LogP contribution in [0.2, 0.25) is 0 Å². The molecule has 0 aliphatic heterocycles. The van der Waals surface area contributed by atoms with Crippen LogP contribution in [0.4, 0.5) is 0 Å². The van der Waals surface area contributed by atoms with E-state index in [1.54, 1.807) is 6.08 Å². The number of ether oxygens (including phenoxy) is 2. The molecular weight excluding hydrogens is 282 g/mol. The Balaban J connectivity index is 2.49. The third-order valence-electron chi connectivity index (χ3n) is 2.98. The SMILES string of the molecule is CCOc1ccccc1/C=C/C(=O)OCC(=O)N[C@@H](C)CC. The number of hydrogen-bond donors (Lipinski definition) is 1. The summed E-state index contributed by atoms with van der Waals surface area (Å²) in [5.41, 5.74) is 0.783. The van der Waals surface area contributed by atoms with Gasteiger partial charge in [-0.25, -0.2) is 4.79 Å². The quantitative estimate of drug-likeness (QED) is 0.592. The molecule has 1 rings (SSSR count). The maximum Gasteiger partial charge on any atom is 0.331 e. The molecule has 0 aromatic heterocycles. The van der Waals surface area contributed by atoms with Crippen LogP contribution in [0.3, 0.4) is 0 Å². The summed E-state index contributed by atoms with van der Waals surface area (Å²) >= 11 is 0. The number of nitrogens with one attached hydrogen (secondary N) is 1. The van der Waals surface area contributed by atoms with Crippen molar-refractivity contribution in [1.29, 1.82) is 0 Å². The Morgan fingerprint density at radius 2 is 2.00 bits per heavy atom. The lowest BCUT2D eigenvalue weighted by molar-refractivity contribution is -0.144. The largest absolute Gasteiger partial charge is 0.493 e. The van der Waals surface area contributed by atoms with E-state index in [1.807, 2.05) is 45.0 Å². The number of carbonyl (C=O) groups is 2. The summed E-state index contributed by atoms with van der Waals surface area (Å²) < 4.78 is 10.3. The lowest BCUT2D eigenvalue weighted by Crippen LogP contribution is -2.35. The zero-order valence-electron chi connectivity index (χ0n) is 13.3. The van der Waals surface area contributed by atoms with E-state index >= 15 is 0 Å². The van der Waals surface area contributed by atoms with Gasteiger partial charge in [0.2, 0.25) is 0 Å². The maximum atomic E-state index is 11.6. The standard InChI is InChI=1S/C17H23NO4/c1-4-13(3)18-16(19)12-22-17(20)11-10-14-8-6-7-9-15(14)21-5-2/h6-11,13H,4-5,12H2,1-3H3,(H,18,19)/b11-10+/t13-/m0/s1. The molecule has 0 bridgehead atoms. The fourth-order valence-corrected chi connectivity index (χ4v) is 1.67. The normalized spacial score (nSPS) is 12.0. The number of amides is 1. The van der Waals surface area contributed by atoms with Crippen LogP contribution in [0.15, 0.2) is 30.3 Å². The van der Waals surface area contributed by atoms with Gasteiger partial charge in [-0.1, -0.05) is 25.1 Å². The average molecular weight is 305 g/mol. The Bertz CT molecular complexity index is 525. The highest BCUT2D eigenvalue weighted by molar-refractivity contribution is 5.89. The van der Waals surface area contributed by atoms with E-state index in [4.69, 9.17) is 9.47 Å². The molecule has 0 radical (unpaired) electrons. The molecule has 1 atom stereocenters. The number of para-hydroxylation sites is 1. The van der Waals surface area contributed by atoms with Crippen molar-refractivity contribution in [3.63, 3.8) is 0 Å². The van der Waals surface area contributed by atoms with Gasteiger partial charge in [-0.2, -0.15) is 0 Å². The molecule has 0 fully saturated rings. The highest BCUT2D eigenvalue weighted by Gasteiger charge is 2.08. The molecule has 0 saturated heterocycles. The molecule has 1 aromatic carbocycles. The molecule has 0 spiro atoms. The maximum absolute atomic E-state index is 11.6. The minimum absolute atomic E-state index is 0.0693. The first-order valence-corrected chi connectivity index (χ1v) is 7.42. The summed E-state index contributed by atoms with van der Waals surface area (Å²) in [6, 6.07) is 7.45. The number of benzene rings is 1. The second kappa shape index (κ2) is 9.60. The molecule has 0 saturated carbocycles. The Labute approximate surface area is 131 Å². The van der Waals surface area contributed by atoms with Crippen molar-refractivity contribution in [3.05, 3.63) is 35.9 Å². The van der Waals surface area contributed by atoms with Gasteiger partial charge in [0.25, 0.3) is 5.91 Å². The summed E-state index contributed by atoms with van der Waals surface area (Å²) in [4.78, 5) is 23.1. The van der Waals surface area contributed by atoms with E-state index in [2.05, 4.69) is 5.32 Å². The van der Waals surface area contributed by atoms with Gasteiger partial charge < -0.3 is 14.8 Å². The topological polar surface area (TPSA) is 64.6 Å². The zero-order valence-corrected chi connectivity index (χ0v) is 13.3. The Morgan fingerprint density at radius 3 is 2.68 bits per heavy atom. The third kappa shape index (κ3) is 6.43. The molecule has 120 valence electrons. The van der Waals surface area contributed by atoms with Gasteiger partial charge in [0.1, 0.15) is 5.75 Å². The predicted octanol–water partition coefficient (Wildman–Crippen LogP) is 2.56. The smallest absolute Gasteiger partial charge is 0.331 e. The highest BCUT2D eigenvalue weighted by atomic mass is 16.5. The van der Waals surface area contributed by atoms with Crippen molar-refractivity contribution in [3.8, 4) is 5.75 Å². The lowest BCUT2D eigenvalue weighted by atomic mass is 10.2. The fourth-order valence-electron chi connectivity index (χ4n) is 1.67. The molecule has 1 aromatic rings. The number of hydrogen-bond acceptors (Lipinski definition) is 4. The van der Waals surface area contributed by atoms with Gasteiger partial charge >= 0.3 is 5.97 Å². The first-order valence-electron chi connectivity index (χ1n) is 7.42. The van der Waals surface area contributed by atoms with Crippen LogP contribution in [0.1, 0.15) is 32.8 Å². The summed E-state index contributed by atoms with van der Waals surface area (Å²) in [7, 11) is 0. The molecule has 5 heteroatoms. The van der Waals surface area contributed by atoms with Crippen LogP contribution in [-0.4, -0.2) is 31.1 Å². The first-order chi connectivity index (χ1) is 10.6. The van der Waals surface area contributed by atoms with Crippen LogP contribution in [-0.2, 0) is 14.3 Å². The second-order valence-electron chi connectivity index (χ2n) is 4.79. The highest BCUT2D eigenvalue weighted by Crippen LogP contribution is 2.19. The average Bonchev–Trinajstić information content (AvgIpc) is 2.52. The van der Waals surface area contributed by atoms with E-state index < -0.39 is 5.97 Å². The monoisotopic (exact) mass is 305 g/mol. The first kappa shape index (κ1) is 17.8. The van der Waals surface area contributed by atoms with E-state index in [0.717, 1.165) is 12.0 Å². The van der Waals surface area contributed by atoms with Crippen molar-refractivity contribution in [2.24, 2.45) is 0 Å². The van der Waals surface area contributed by atoms with Gasteiger partial charge in [-0.3, -0.25) is 4.79 Å². The van der Waals surface area contributed by atoms with Gasteiger partial charge in [-0.05, 0) is 32.4 Å². The minimum Gasteiger partial charge on any atom is -0.493 e. The lowest BCUT2D eigenvalue weighted by Gasteiger charge is -2.10. The molecule has 22 heavy (non-hydrogen) atoms. The van der Waals surface area contributed by atoms with Crippen LogP contribution in [0, 0.1) is 0 Å². The third-order valence-corrected chi connectivity index (χ3v) is 2.98. The van der Waals surface area contributed by atoms with E-state index in [9.17, 15) is 9.59 Å². The van der Waals surface area contributed by atoms with Crippen molar-refractivity contribution >= 4 is 18.0 Å². The van der Waals surface area contributed by atoms with Gasteiger partial charge in [-0.15, -0.1) is 0 Å². The van der Waals surface area contributed by atoms with Crippen molar-refractivity contribution in [2.45, 2.75) is 33.2 Å². The van der Waals surface area contributed by atoms with Gasteiger partial charge in [0.15, 0.2) is 6.61 Å². The molecule has 5 nitrogen and oxygen atoms in total. The Morgan fingerprint density at radius 1 is 1.27 bits per heavy atom. The van der Waals surface area contributed by atoms with Crippen LogP contribution in [0.5, 0.6) is 5.75 Å². The van der Waals surface area contributed by atoms with Gasteiger partial charge in [0, 0.05) is 17.7 Å². The molecular formula is C17H23NO4. The molecule has 0 aliphatic rings. The number of esters is 1. The van der Waals surface area contributed by atoms with E-state index in [-0.39, 0.29) is 18.6 Å². The van der Waals surface area contributed by atoms with Crippen LogP contribution < -0.4 is 10.1 Å². The molecule has 0 heterocycles. The van der Waals surface area contributed by atoms with Crippen molar-refractivity contribution in [2.75, 3.05) is 13.2 Å². The van der Waals surface area contributed by atoms with Crippen LogP contribution >= 0.6 is 0 Å². The summed E-state index contributed by atoms with van der Waals surface area (Å²) in [5, 5.41) is 2.72. The summed E-state index contributed by atoms with van der Waals surface area (Å²) in [5.74, 6) is -0.167. The Hall–Kier alpha value is -2.30. The zero-order chi connectivity index (χ0) is 16.4. The summed E-state index contributed by atoms with van der Waals surface area (Å²) in [6.45, 7) is 6.02. The van der Waals surface area contributed by atoms with E-state index in [1.165, 1.54) is 6.08 Å². The van der Waals surface area contributed by atoms with E-state index in [0.29, 0.717) is 12.4 Å². The summed E-state index contributed by atoms with van der Waals surface area (Å²) in [6.07, 6.45) is 3.72. The fraction of sp³-hybridized carbons (Fsp3) is 0.412. The second-order valence-corrected chi connectivity index (χ2v) is 4.79.